The molecule has 31 heavy (non-hydrogen) atoms. The smallest absolute Gasteiger partial charge is 0.242 e. The number of nitrogens with one attached hydrogen (secondary N) is 1. The number of halogens is 1. The fourth-order valence-electron chi connectivity index (χ4n) is 3.47. The molecule has 5 heteroatoms. The average Bonchev–Trinajstić information content (AvgIpc) is 2.77. The maximum Gasteiger partial charge on any atom is 0.242 e. The van der Waals surface area contributed by atoms with Gasteiger partial charge in [-0.15, -0.1) is 0 Å². The highest BCUT2D eigenvalue weighted by Crippen LogP contribution is 2.17. The maximum atomic E-state index is 13.3. The van der Waals surface area contributed by atoms with Gasteiger partial charge in [-0.05, 0) is 54.0 Å². The van der Waals surface area contributed by atoms with Gasteiger partial charge in [-0.3, -0.25) is 9.59 Å². The zero-order valence-corrected chi connectivity index (χ0v) is 19.9. The quantitative estimate of drug-likeness (QED) is 0.505. The van der Waals surface area contributed by atoms with Crippen molar-refractivity contribution in [3.8, 4) is 0 Å². The van der Waals surface area contributed by atoms with E-state index in [2.05, 4.69) is 50.4 Å². The molecule has 4 nitrogen and oxygen atoms in total. The molecule has 0 aromatic heterocycles. The number of hydrogen-bond acceptors (Lipinski definition) is 2. The molecular formula is C26H35ClN2O2. The van der Waals surface area contributed by atoms with Crippen LogP contribution in [0.1, 0.15) is 57.2 Å². The van der Waals surface area contributed by atoms with Crippen LogP contribution in [-0.2, 0) is 29.0 Å². The molecule has 2 amide bonds. The number of rotatable bonds is 11. The van der Waals surface area contributed by atoms with Crippen molar-refractivity contribution in [2.45, 2.75) is 66.0 Å². The first-order valence-electron chi connectivity index (χ1n) is 11.2. The minimum atomic E-state index is -0.496. The van der Waals surface area contributed by atoms with E-state index in [1.165, 1.54) is 5.56 Å². The van der Waals surface area contributed by atoms with Gasteiger partial charge in [0.05, 0.1) is 0 Å². The standard InChI is InChI=1S/C26H35ClN2O2/c1-5-20-7-9-21(10-8-20)13-16-25(30)29(18-22-11-14-23(27)15-12-22)24(6-2)26(31)28-17-19(3)4/h7-12,14-15,19,24H,5-6,13,16-18H2,1-4H3,(H,28,31). The van der Waals surface area contributed by atoms with Gasteiger partial charge in [-0.25, -0.2) is 0 Å². The molecule has 1 atom stereocenters. The van der Waals surface area contributed by atoms with Gasteiger partial charge in [0.25, 0.3) is 0 Å². The molecule has 0 spiro atoms. The van der Waals surface area contributed by atoms with Crippen molar-refractivity contribution in [1.29, 1.82) is 0 Å². The number of aryl methyl sites for hydroxylation is 2. The van der Waals surface area contributed by atoms with Crippen molar-refractivity contribution >= 4 is 23.4 Å². The van der Waals surface area contributed by atoms with Gasteiger partial charge < -0.3 is 10.2 Å². The van der Waals surface area contributed by atoms with E-state index >= 15 is 0 Å². The molecule has 0 aliphatic carbocycles. The van der Waals surface area contributed by atoms with Gasteiger partial charge >= 0.3 is 0 Å². The molecule has 1 N–H and O–H groups in total. The lowest BCUT2D eigenvalue weighted by Crippen LogP contribution is -2.49. The Bertz CT molecular complexity index is 831. The van der Waals surface area contributed by atoms with Crippen LogP contribution in [-0.4, -0.2) is 29.3 Å². The van der Waals surface area contributed by atoms with E-state index in [4.69, 9.17) is 11.6 Å². The minimum absolute atomic E-state index is 0.0129. The fraction of sp³-hybridized carbons (Fsp3) is 0.462. The molecule has 2 aromatic carbocycles. The summed E-state index contributed by atoms with van der Waals surface area (Å²) in [5.41, 5.74) is 3.38. The van der Waals surface area contributed by atoms with Crippen molar-refractivity contribution < 1.29 is 9.59 Å². The predicted octanol–water partition coefficient (Wildman–Crippen LogP) is 5.41. The van der Waals surface area contributed by atoms with E-state index < -0.39 is 6.04 Å². The van der Waals surface area contributed by atoms with Crippen molar-refractivity contribution in [2.75, 3.05) is 6.54 Å². The van der Waals surface area contributed by atoms with Crippen LogP contribution in [0.15, 0.2) is 48.5 Å². The normalized spacial score (nSPS) is 11.9. The summed E-state index contributed by atoms with van der Waals surface area (Å²) in [5.74, 6) is 0.250. The molecule has 1 unspecified atom stereocenters. The lowest BCUT2D eigenvalue weighted by atomic mass is 10.0. The summed E-state index contributed by atoms with van der Waals surface area (Å²) in [6, 6.07) is 15.3. The largest absolute Gasteiger partial charge is 0.354 e. The van der Waals surface area contributed by atoms with Crippen LogP contribution in [0.2, 0.25) is 5.02 Å². The molecular weight excluding hydrogens is 408 g/mol. The first-order chi connectivity index (χ1) is 14.8. The van der Waals surface area contributed by atoms with Gasteiger partial charge in [0.1, 0.15) is 6.04 Å². The fourth-order valence-corrected chi connectivity index (χ4v) is 3.59. The lowest BCUT2D eigenvalue weighted by molar-refractivity contribution is -0.141. The van der Waals surface area contributed by atoms with Crippen molar-refractivity contribution in [1.82, 2.24) is 10.2 Å². The molecule has 2 aromatic rings. The summed E-state index contributed by atoms with van der Waals surface area (Å²) in [5, 5.41) is 3.65. The molecule has 0 heterocycles. The molecule has 0 bridgehead atoms. The highest BCUT2D eigenvalue weighted by molar-refractivity contribution is 6.30. The van der Waals surface area contributed by atoms with Crippen LogP contribution in [0.5, 0.6) is 0 Å². The van der Waals surface area contributed by atoms with Crippen molar-refractivity contribution in [3.63, 3.8) is 0 Å². The number of amides is 2. The zero-order valence-electron chi connectivity index (χ0n) is 19.2. The van der Waals surface area contributed by atoms with Gasteiger partial charge in [0.2, 0.25) is 11.8 Å². The second-order valence-electron chi connectivity index (χ2n) is 8.38. The number of carbonyl (C=O) groups is 2. The molecule has 0 fully saturated rings. The second-order valence-corrected chi connectivity index (χ2v) is 8.82. The zero-order chi connectivity index (χ0) is 22.8. The molecule has 0 aliphatic heterocycles. The second kappa shape index (κ2) is 12.5. The monoisotopic (exact) mass is 442 g/mol. The molecule has 168 valence electrons. The Morgan fingerprint density at radius 3 is 2.06 bits per heavy atom. The number of carbonyl (C=O) groups excluding carboxylic acids is 2. The highest BCUT2D eigenvalue weighted by Gasteiger charge is 2.28. The highest BCUT2D eigenvalue weighted by atomic mass is 35.5. The van der Waals surface area contributed by atoms with Gasteiger partial charge in [-0.1, -0.05) is 75.7 Å². The van der Waals surface area contributed by atoms with E-state index in [0.29, 0.717) is 43.3 Å². The van der Waals surface area contributed by atoms with E-state index in [1.54, 1.807) is 4.90 Å². The Morgan fingerprint density at radius 2 is 1.52 bits per heavy atom. The summed E-state index contributed by atoms with van der Waals surface area (Å²) in [7, 11) is 0. The predicted molar refractivity (Wildman–Crippen MR) is 128 cm³/mol. The Balaban J connectivity index is 2.16. The number of benzene rings is 2. The third-order valence-electron chi connectivity index (χ3n) is 5.40. The van der Waals surface area contributed by atoms with Crippen LogP contribution in [0.3, 0.4) is 0 Å². The van der Waals surface area contributed by atoms with Crippen LogP contribution < -0.4 is 5.32 Å². The molecule has 0 saturated carbocycles. The number of nitrogens with zero attached hydrogens (tertiary/aromatic N) is 1. The third kappa shape index (κ3) is 8.02. The summed E-state index contributed by atoms with van der Waals surface area (Å²) in [6.45, 7) is 9.18. The van der Waals surface area contributed by atoms with Crippen LogP contribution in [0, 0.1) is 5.92 Å². The van der Waals surface area contributed by atoms with E-state index in [9.17, 15) is 9.59 Å². The van der Waals surface area contributed by atoms with Crippen LogP contribution >= 0.6 is 11.6 Å². The average molecular weight is 443 g/mol. The van der Waals surface area contributed by atoms with Crippen molar-refractivity contribution in [3.05, 3.63) is 70.2 Å². The van der Waals surface area contributed by atoms with Crippen LogP contribution in [0.4, 0.5) is 0 Å². The summed E-state index contributed by atoms with van der Waals surface area (Å²) >= 11 is 6.02. The Hall–Kier alpha value is -2.33. The Morgan fingerprint density at radius 1 is 0.935 bits per heavy atom. The number of hydrogen-bond donors (Lipinski definition) is 1. The van der Waals surface area contributed by atoms with Gasteiger partial charge in [-0.2, -0.15) is 0 Å². The molecule has 0 saturated heterocycles. The minimum Gasteiger partial charge on any atom is -0.354 e. The SMILES string of the molecule is CCc1ccc(CCC(=O)N(Cc2ccc(Cl)cc2)C(CC)C(=O)NCC(C)C)cc1. The summed E-state index contributed by atoms with van der Waals surface area (Å²) in [6.07, 6.45) is 2.59. The van der Waals surface area contributed by atoms with Gasteiger partial charge in [0, 0.05) is 24.5 Å². The molecule has 0 aliphatic rings. The van der Waals surface area contributed by atoms with E-state index in [0.717, 1.165) is 17.5 Å². The van der Waals surface area contributed by atoms with Crippen LogP contribution in [0.25, 0.3) is 0 Å². The van der Waals surface area contributed by atoms with E-state index in [-0.39, 0.29) is 11.8 Å². The van der Waals surface area contributed by atoms with E-state index in [1.807, 2.05) is 31.2 Å². The maximum absolute atomic E-state index is 13.3. The Labute approximate surface area is 192 Å². The third-order valence-corrected chi connectivity index (χ3v) is 5.65. The molecule has 0 radical (unpaired) electrons. The topological polar surface area (TPSA) is 49.4 Å². The van der Waals surface area contributed by atoms with Gasteiger partial charge in [0.15, 0.2) is 0 Å². The Kier molecular flexibility index (Phi) is 10.1. The molecule has 2 rings (SSSR count). The summed E-state index contributed by atoms with van der Waals surface area (Å²) < 4.78 is 0. The van der Waals surface area contributed by atoms with Crippen molar-refractivity contribution in [2.24, 2.45) is 5.92 Å². The summed E-state index contributed by atoms with van der Waals surface area (Å²) in [4.78, 5) is 27.9. The first kappa shape index (κ1) is 24.9. The lowest BCUT2D eigenvalue weighted by Gasteiger charge is -2.31. The first-order valence-corrected chi connectivity index (χ1v) is 11.6.